The summed E-state index contributed by atoms with van der Waals surface area (Å²) >= 11 is 0. The average Bonchev–Trinajstić information content (AvgIpc) is 3.51. The largest absolute Gasteiger partial charge is 0.461 e. The van der Waals surface area contributed by atoms with Crippen molar-refractivity contribution in [2.45, 2.75) is 76.0 Å². The number of nitrogens with two attached hydrogens (primary N) is 1. The Kier molecular flexibility index (Phi) is 8.51. The predicted molar refractivity (Wildman–Crippen MR) is 160 cm³/mol. The lowest BCUT2D eigenvalue weighted by Gasteiger charge is -2.43. The number of benzene rings is 1. The van der Waals surface area contributed by atoms with Crippen molar-refractivity contribution in [3.8, 4) is 6.01 Å². The summed E-state index contributed by atoms with van der Waals surface area (Å²) in [5.41, 5.74) is 5.95. The number of nitrogen functional groups attached to an aromatic ring is 1. The number of alkyl halides is 3. The minimum Gasteiger partial charge on any atom is -0.461 e. The maximum absolute atomic E-state index is 14.2. The second kappa shape index (κ2) is 12.0. The summed E-state index contributed by atoms with van der Waals surface area (Å²) < 4.78 is 74.0. The molecule has 4 atom stereocenters. The summed E-state index contributed by atoms with van der Waals surface area (Å²) in [6, 6.07) is 2.73. The molecule has 3 fully saturated rings. The zero-order valence-electron chi connectivity index (χ0n) is 25.9. The molecule has 0 bridgehead atoms. The summed E-state index contributed by atoms with van der Waals surface area (Å²) in [7, 11) is 1.62. The van der Waals surface area contributed by atoms with Gasteiger partial charge in [0.25, 0.3) is 0 Å². The highest BCUT2D eigenvalue weighted by Gasteiger charge is 2.47. The van der Waals surface area contributed by atoms with Gasteiger partial charge in [0.2, 0.25) is 0 Å². The molecule has 1 aromatic carbocycles. The zero-order chi connectivity index (χ0) is 32.1. The first kappa shape index (κ1) is 32.0. The van der Waals surface area contributed by atoms with E-state index < -0.39 is 23.4 Å². The first-order valence-corrected chi connectivity index (χ1v) is 15.4. The first-order chi connectivity index (χ1) is 21.3. The Labute approximate surface area is 260 Å². The quantitative estimate of drug-likeness (QED) is 0.325. The number of halogens is 4. The molecule has 0 saturated carbocycles. The number of methoxy groups -OCH3 is 1. The number of rotatable bonds is 7. The van der Waals surface area contributed by atoms with E-state index in [4.69, 9.17) is 29.9 Å². The van der Waals surface area contributed by atoms with Crippen molar-refractivity contribution in [2.24, 2.45) is 5.92 Å². The van der Waals surface area contributed by atoms with Crippen LogP contribution in [0.25, 0.3) is 0 Å². The molecule has 5 heterocycles. The third-order valence-electron chi connectivity index (χ3n) is 9.63. The molecule has 4 aliphatic heterocycles. The van der Waals surface area contributed by atoms with E-state index in [1.54, 1.807) is 14.0 Å². The molecular weight excluding hydrogens is 594 g/mol. The fourth-order valence-electron chi connectivity index (χ4n) is 7.94. The van der Waals surface area contributed by atoms with Gasteiger partial charge in [-0.25, -0.2) is 4.39 Å². The van der Waals surface area contributed by atoms with E-state index in [9.17, 15) is 22.7 Å². The number of anilines is 2. The van der Waals surface area contributed by atoms with Crippen molar-refractivity contribution in [3.63, 3.8) is 0 Å². The number of aryl methyl sites for hydroxylation is 1. The molecule has 45 heavy (non-hydrogen) atoms. The van der Waals surface area contributed by atoms with Crippen LogP contribution in [0.4, 0.5) is 29.1 Å². The van der Waals surface area contributed by atoms with Crippen molar-refractivity contribution in [1.82, 2.24) is 14.9 Å². The van der Waals surface area contributed by atoms with Crippen LogP contribution in [-0.4, -0.2) is 77.6 Å². The van der Waals surface area contributed by atoms with Crippen LogP contribution in [0.3, 0.4) is 0 Å². The normalized spacial score (nSPS) is 29.7. The van der Waals surface area contributed by atoms with Crippen LogP contribution >= 0.6 is 0 Å². The molecule has 0 amide bonds. The third-order valence-corrected chi connectivity index (χ3v) is 9.63. The van der Waals surface area contributed by atoms with E-state index in [0.29, 0.717) is 55.9 Å². The summed E-state index contributed by atoms with van der Waals surface area (Å²) in [4.78, 5) is 13.8. The van der Waals surface area contributed by atoms with E-state index in [-0.39, 0.29) is 60.5 Å². The second-order valence-corrected chi connectivity index (χ2v) is 13.4. The number of hydrogen-bond acceptors (Lipinski definition) is 9. The second-order valence-electron chi connectivity index (χ2n) is 13.4. The number of aliphatic hydroxyl groups is 1. The number of nitrogens with zero attached hydrogens (tertiary/aromatic N) is 4. The number of fused-ring (bicyclic) bond motifs is 2. The SMILES string of the molecule is COC[C@H]1CN(c2nc(OC[C@@]34CCCN3C/C(=C\F)C4)nc3c2CO[C@H](c2cc(N)cc(C)c2C(F)(F)F)C3)C[C@](C)(O)C1. The van der Waals surface area contributed by atoms with Crippen LogP contribution in [-0.2, 0) is 28.7 Å². The van der Waals surface area contributed by atoms with Crippen LogP contribution in [0.5, 0.6) is 6.01 Å². The molecule has 13 heteroatoms. The van der Waals surface area contributed by atoms with Crippen LogP contribution in [0, 0.1) is 12.8 Å². The van der Waals surface area contributed by atoms with Crippen molar-refractivity contribution in [3.05, 3.63) is 52.0 Å². The molecule has 4 aliphatic rings. The molecule has 246 valence electrons. The molecular formula is C32H41F4N5O4. The van der Waals surface area contributed by atoms with Crippen LogP contribution < -0.4 is 15.4 Å². The Morgan fingerprint density at radius 1 is 1.27 bits per heavy atom. The number of aromatic nitrogens is 2. The summed E-state index contributed by atoms with van der Waals surface area (Å²) in [5, 5.41) is 11.2. The standard InChI is InChI=1S/C32H41F4N5O4/c1-19-7-22(37)8-23(27(19)32(34,35)36)26-9-25-24(16-44-26)28(40-13-21(15-43-3)10-30(2,42)17-40)39-29(38-25)45-18-31-5-4-6-41(31)14-20(11-31)12-33/h7-8,12,21,26,42H,4-6,9-11,13-18,37H2,1-3H3/b20-12-/t21-,26+,30-,31+/m1/s1. The van der Waals surface area contributed by atoms with Crippen molar-refractivity contribution < 1.29 is 36.9 Å². The molecule has 3 saturated heterocycles. The van der Waals surface area contributed by atoms with Crippen LogP contribution in [0.15, 0.2) is 24.0 Å². The van der Waals surface area contributed by atoms with Gasteiger partial charge in [0, 0.05) is 50.3 Å². The monoisotopic (exact) mass is 635 g/mol. The molecule has 6 rings (SSSR count). The lowest BCUT2D eigenvalue weighted by Crippen LogP contribution is -2.52. The van der Waals surface area contributed by atoms with Gasteiger partial charge in [-0.2, -0.15) is 23.1 Å². The summed E-state index contributed by atoms with van der Waals surface area (Å²) in [6.45, 7) is 6.06. The molecule has 0 aliphatic carbocycles. The van der Waals surface area contributed by atoms with Gasteiger partial charge in [0.05, 0.1) is 48.0 Å². The third kappa shape index (κ3) is 6.36. The van der Waals surface area contributed by atoms with E-state index in [1.165, 1.54) is 19.1 Å². The minimum atomic E-state index is -4.60. The summed E-state index contributed by atoms with van der Waals surface area (Å²) in [6.07, 6.45) is -1.90. The zero-order valence-corrected chi connectivity index (χ0v) is 25.9. The van der Waals surface area contributed by atoms with Gasteiger partial charge in [0.1, 0.15) is 12.4 Å². The fraction of sp³-hybridized carbons (Fsp3) is 0.625. The Morgan fingerprint density at radius 2 is 2.07 bits per heavy atom. The maximum Gasteiger partial charge on any atom is 0.417 e. The van der Waals surface area contributed by atoms with Gasteiger partial charge in [-0.05, 0) is 74.9 Å². The van der Waals surface area contributed by atoms with Gasteiger partial charge in [-0.3, -0.25) is 4.90 Å². The van der Waals surface area contributed by atoms with Gasteiger partial charge in [0.15, 0.2) is 0 Å². The van der Waals surface area contributed by atoms with Crippen LogP contribution in [0.2, 0.25) is 0 Å². The van der Waals surface area contributed by atoms with Crippen molar-refractivity contribution in [1.29, 1.82) is 0 Å². The summed E-state index contributed by atoms with van der Waals surface area (Å²) in [5.74, 6) is 0.539. The smallest absolute Gasteiger partial charge is 0.417 e. The molecule has 3 N–H and O–H groups in total. The Balaban J connectivity index is 1.37. The van der Waals surface area contributed by atoms with Crippen LogP contribution in [0.1, 0.15) is 66.7 Å². The lowest BCUT2D eigenvalue weighted by molar-refractivity contribution is -0.140. The topological polar surface area (TPSA) is 106 Å². The minimum absolute atomic E-state index is 0.0194. The molecule has 0 spiro atoms. The Hall–Kier alpha value is -3.00. The van der Waals surface area contributed by atoms with Gasteiger partial charge in [-0.1, -0.05) is 0 Å². The van der Waals surface area contributed by atoms with E-state index >= 15 is 0 Å². The predicted octanol–water partition coefficient (Wildman–Crippen LogP) is 4.89. The molecule has 0 unspecified atom stereocenters. The van der Waals surface area contributed by atoms with E-state index in [2.05, 4.69) is 4.90 Å². The average molecular weight is 636 g/mol. The van der Waals surface area contributed by atoms with Gasteiger partial charge >= 0.3 is 12.2 Å². The number of ether oxygens (including phenoxy) is 3. The van der Waals surface area contributed by atoms with E-state index in [0.717, 1.165) is 25.0 Å². The Bertz CT molecular complexity index is 1470. The lowest BCUT2D eigenvalue weighted by atomic mass is 9.86. The molecule has 9 nitrogen and oxygen atoms in total. The molecule has 1 aromatic heterocycles. The number of β-amino-alcohol motifs (C(OH)–C–C–N with tert-alkyl or cyclic N) is 1. The van der Waals surface area contributed by atoms with E-state index in [1.807, 2.05) is 4.90 Å². The maximum atomic E-state index is 14.2. The number of hydrogen-bond donors (Lipinski definition) is 2. The Morgan fingerprint density at radius 3 is 2.80 bits per heavy atom. The van der Waals surface area contributed by atoms with Crippen molar-refractivity contribution in [2.75, 3.05) is 57.1 Å². The first-order valence-electron chi connectivity index (χ1n) is 15.4. The van der Waals surface area contributed by atoms with Gasteiger partial charge in [-0.15, -0.1) is 0 Å². The number of piperidine rings is 1. The van der Waals surface area contributed by atoms with Crippen molar-refractivity contribution >= 4 is 11.5 Å². The highest BCUT2D eigenvalue weighted by Crippen LogP contribution is 2.45. The molecule has 0 radical (unpaired) electrons. The highest BCUT2D eigenvalue weighted by atomic mass is 19.4. The highest BCUT2D eigenvalue weighted by molar-refractivity contribution is 5.54. The molecule has 2 aromatic rings. The fourth-order valence-corrected chi connectivity index (χ4v) is 7.94. The van der Waals surface area contributed by atoms with Gasteiger partial charge < -0.3 is 30.0 Å².